The number of nitrogens with zero attached hydrogens (tertiary/aromatic N) is 1. The molecule has 0 saturated carbocycles. The highest BCUT2D eigenvalue weighted by Gasteiger charge is 2.14. The average molecular weight is 254 g/mol. The van der Waals surface area contributed by atoms with Crippen molar-refractivity contribution in [2.45, 2.75) is 6.54 Å². The van der Waals surface area contributed by atoms with Gasteiger partial charge in [-0.25, -0.2) is 13.6 Å². The summed E-state index contributed by atoms with van der Waals surface area (Å²) < 4.78 is 31.7. The minimum Gasteiger partial charge on any atom is -0.478 e. The van der Waals surface area contributed by atoms with Gasteiger partial charge in [0.25, 0.3) is 0 Å². The van der Waals surface area contributed by atoms with Crippen molar-refractivity contribution < 1.29 is 23.2 Å². The SMILES string of the molecule is O=C(O)c1cc(F)c(NCc2ccno2)c(F)c1. The van der Waals surface area contributed by atoms with Gasteiger partial charge >= 0.3 is 5.97 Å². The van der Waals surface area contributed by atoms with E-state index in [1.165, 1.54) is 12.3 Å². The number of carboxylic acid groups (broad SMARTS) is 1. The molecule has 0 saturated heterocycles. The minimum absolute atomic E-state index is 0.0419. The third-order valence-corrected chi connectivity index (χ3v) is 2.22. The summed E-state index contributed by atoms with van der Waals surface area (Å²) in [7, 11) is 0. The molecule has 0 fully saturated rings. The summed E-state index contributed by atoms with van der Waals surface area (Å²) in [5, 5.41) is 14.5. The first-order valence-electron chi connectivity index (χ1n) is 4.93. The van der Waals surface area contributed by atoms with E-state index in [0.29, 0.717) is 5.76 Å². The Balaban J connectivity index is 2.20. The van der Waals surface area contributed by atoms with Crippen molar-refractivity contribution in [2.24, 2.45) is 0 Å². The highest BCUT2D eigenvalue weighted by atomic mass is 19.1. The Kier molecular flexibility index (Phi) is 3.22. The van der Waals surface area contributed by atoms with Gasteiger partial charge in [-0.2, -0.15) is 0 Å². The summed E-state index contributed by atoms with van der Waals surface area (Å²) in [5.41, 5.74) is -0.855. The Labute approximate surface area is 100 Å². The zero-order valence-electron chi connectivity index (χ0n) is 8.98. The second-order valence-electron chi connectivity index (χ2n) is 3.45. The minimum atomic E-state index is -1.39. The van der Waals surface area contributed by atoms with Crippen molar-refractivity contribution in [1.29, 1.82) is 0 Å². The van der Waals surface area contributed by atoms with Crippen LogP contribution in [-0.4, -0.2) is 16.2 Å². The molecule has 0 amide bonds. The molecule has 0 spiro atoms. The number of anilines is 1. The first-order valence-corrected chi connectivity index (χ1v) is 4.93. The molecule has 0 unspecified atom stereocenters. The molecule has 2 aromatic rings. The maximum atomic E-state index is 13.5. The fourth-order valence-corrected chi connectivity index (χ4v) is 1.37. The average Bonchev–Trinajstić information content (AvgIpc) is 2.80. The first kappa shape index (κ1) is 12.0. The molecule has 1 aromatic carbocycles. The molecule has 2 N–H and O–H groups in total. The third kappa shape index (κ3) is 2.45. The molecule has 94 valence electrons. The van der Waals surface area contributed by atoms with Crippen LogP contribution in [-0.2, 0) is 6.54 Å². The van der Waals surface area contributed by atoms with Gasteiger partial charge in [-0.15, -0.1) is 0 Å². The van der Waals surface area contributed by atoms with Crippen LogP contribution in [0.2, 0.25) is 0 Å². The van der Waals surface area contributed by atoms with Gasteiger partial charge in [0.05, 0.1) is 18.3 Å². The number of nitrogens with one attached hydrogen (secondary N) is 1. The smallest absolute Gasteiger partial charge is 0.335 e. The lowest BCUT2D eigenvalue weighted by atomic mass is 10.2. The van der Waals surface area contributed by atoms with Crippen molar-refractivity contribution in [2.75, 3.05) is 5.32 Å². The number of hydrogen-bond acceptors (Lipinski definition) is 4. The number of aromatic nitrogens is 1. The number of rotatable bonds is 4. The van der Waals surface area contributed by atoms with Crippen molar-refractivity contribution in [3.63, 3.8) is 0 Å². The van der Waals surface area contributed by atoms with Crippen LogP contribution in [0.1, 0.15) is 16.1 Å². The predicted octanol–water partition coefficient (Wildman–Crippen LogP) is 2.26. The predicted molar refractivity (Wildman–Crippen MR) is 57.1 cm³/mol. The summed E-state index contributed by atoms with van der Waals surface area (Å²) >= 11 is 0. The molecular formula is C11H8F2N2O3. The van der Waals surface area contributed by atoms with E-state index in [1.54, 1.807) is 0 Å². The number of carboxylic acids is 1. The molecule has 0 aliphatic carbocycles. The molecule has 2 rings (SSSR count). The summed E-state index contributed by atoms with van der Waals surface area (Å²) in [6.07, 6.45) is 1.40. The molecule has 0 bridgehead atoms. The van der Waals surface area contributed by atoms with E-state index < -0.39 is 28.9 Å². The Morgan fingerprint density at radius 1 is 1.39 bits per heavy atom. The van der Waals surface area contributed by atoms with Gasteiger partial charge in [0.15, 0.2) is 5.76 Å². The molecule has 0 atom stereocenters. The molecule has 5 nitrogen and oxygen atoms in total. The van der Waals surface area contributed by atoms with Crippen LogP contribution in [0.25, 0.3) is 0 Å². The lowest BCUT2D eigenvalue weighted by Crippen LogP contribution is -2.06. The normalized spacial score (nSPS) is 10.3. The molecule has 0 radical (unpaired) electrons. The van der Waals surface area contributed by atoms with E-state index in [-0.39, 0.29) is 6.54 Å². The van der Waals surface area contributed by atoms with E-state index in [4.69, 9.17) is 9.63 Å². The largest absolute Gasteiger partial charge is 0.478 e. The molecule has 0 aliphatic rings. The number of carbonyl (C=O) groups is 1. The van der Waals surface area contributed by atoms with Gasteiger partial charge in [-0.1, -0.05) is 5.16 Å². The zero-order chi connectivity index (χ0) is 13.1. The van der Waals surface area contributed by atoms with Gasteiger partial charge < -0.3 is 14.9 Å². The standard InChI is InChI=1S/C11H8F2N2O3/c12-8-3-6(11(16)17)4-9(13)10(8)14-5-7-1-2-15-18-7/h1-4,14H,5H2,(H,16,17). The Hall–Kier alpha value is -2.44. The topological polar surface area (TPSA) is 75.4 Å². The van der Waals surface area contributed by atoms with Crippen LogP contribution in [0.3, 0.4) is 0 Å². The van der Waals surface area contributed by atoms with Gasteiger partial charge in [0.1, 0.15) is 17.3 Å². The van der Waals surface area contributed by atoms with Crippen LogP contribution in [0, 0.1) is 11.6 Å². The van der Waals surface area contributed by atoms with Crippen molar-refractivity contribution in [3.05, 3.63) is 47.4 Å². The second kappa shape index (κ2) is 4.82. The van der Waals surface area contributed by atoms with Gasteiger partial charge in [-0.3, -0.25) is 0 Å². The maximum Gasteiger partial charge on any atom is 0.335 e. The van der Waals surface area contributed by atoms with Crippen LogP contribution in [0.15, 0.2) is 28.9 Å². The van der Waals surface area contributed by atoms with Crippen LogP contribution >= 0.6 is 0 Å². The van der Waals surface area contributed by atoms with E-state index in [1.807, 2.05) is 0 Å². The van der Waals surface area contributed by atoms with Gasteiger partial charge in [0, 0.05) is 6.07 Å². The Bertz CT molecular complexity index is 547. The molecule has 1 heterocycles. The molecule has 7 heteroatoms. The highest BCUT2D eigenvalue weighted by Crippen LogP contribution is 2.21. The Morgan fingerprint density at radius 2 is 2.06 bits per heavy atom. The Morgan fingerprint density at radius 3 is 2.56 bits per heavy atom. The number of hydrogen-bond donors (Lipinski definition) is 2. The first-order chi connectivity index (χ1) is 8.58. The maximum absolute atomic E-state index is 13.5. The summed E-state index contributed by atoms with van der Waals surface area (Å²) in [5.74, 6) is -2.95. The second-order valence-corrected chi connectivity index (χ2v) is 3.45. The number of aromatic carboxylic acids is 1. The van der Waals surface area contributed by atoms with E-state index in [0.717, 1.165) is 12.1 Å². The van der Waals surface area contributed by atoms with E-state index >= 15 is 0 Å². The lowest BCUT2D eigenvalue weighted by molar-refractivity contribution is 0.0696. The van der Waals surface area contributed by atoms with E-state index in [2.05, 4.69) is 10.5 Å². The monoisotopic (exact) mass is 254 g/mol. The summed E-state index contributed by atoms with van der Waals surface area (Å²) in [6.45, 7) is 0.0419. The van der Waals surface area contributed by atoms with Crippen LogP contribution < -0.4 is 5.32 Å². The molecule has 18 heavy (non-hydrogen) atoms. The summed E-state index contributed by atoms with van der Waals surface area (Å²) in [4.78, 5) is 10.6. The van der Waals surface area contributed by atoms with Crippen molar-refractivity contribution in [3.8, 4) is 0 Å². The molecule has 1 aromatic heterocycles. The van der Waals surface area contributed by atoms with Gasteiger partial charge in [-0.05, 0) is 12.1 Å². The lowest BCUT2D eigenvalue weighted by Gasteiger charge is -2.07. The van der Waals surface area contributed by atoms with Crippen LogP contribution in [0.5, 0.6) is 0 Å². The highest BCUT2D eigenvalue weighted by molar-refractivity contribution is 5.88. The third-order valence-electron chi connectivity index (χ3n) is 2.22. The molecular weight excluding hydrogens is 246 g/mol. The zero-order valence-corrected chi connectivity index (χ0v) is 8.98. The fraction of sp³-hybridized carbons (Fsp3) is 0.0909. The molecule has 0 aliphatic heterocycles. The summed E-state index contributed by atoms with van der Waals surface area (Å²) in [6, 6.07) is 3.02. The van der Waals surface area contributed by atoms with E-state index in [9.17, 15) is 13.6 Å². The van der Waals surface area contributed by atoms with Gasteiger partial charge in [0.2, 0.25) is 0 Å². The van der Waals surface area contributed by atoms with Crippen LogP contribution in [0.4, 0.5) is 14.5 Å². The fourth-order valence-electron chi connectivity index (χ4n) is 1.37. The number of benzene rings is 1. The van der Waals surface area contributed by atoms with Crippen molar-refractivity contribution in [1.82, 2.24) is 5.16 Å². The van der Waals surface area contributed by atoms with Crippen molar-refractivity contribution >= 4 is 11.7 Å². The quantitative estimate of drug-likeness (QED) is 0.875. The number of halogens is 2.